The van der Waals surface area contributed by atoms with Gasteiger partial charge in [-0.2, -0.15) is 0 Å². The van der Waals surface area contributed by atoms with E-state index in [-0.39, 0.29) is 6.04 Å². The molecule has 72 valence electrons. The van der Waals surface area contributed by atoms with Gasteiger partial charge in [0.2, 0.25) is 0 Å². The second kappa shape index (κ2) is 4.43. The zero-order chi connectivity index (χ0) is 9.84. The molecule has 1 nitrogen and oxygen atoms in total. The van der Waals surface area contributed by atoms with Crippen LogP contribution in [0.3, 0.4) is 0 Å². The molecule has 1 unspecified atom stereocenters. The van der Waals surface area contributed by atoms with Gasteiger partial charge in [-0.05, 0) is 23.5 Å². The van der Waals surface area contributed by atoms with Crippen LogP contribution in [0, 0.1) is 0 Å². The minimum atomic E-state index is 0.196. The first-order valence-corrected chi connectivity index (χ1v) is 5.00. The Labute approximate surface area is 81.0 Å². The lowest BCUT2D eigenvalue weighted by molar-refractivity contribution is 0.697. The molecule has 0 aliphatic rings. The Morgan fingerprint density at radius 3 is 1.92 bits per heavy atom. The van der Waals surface area contributed by atoms with E-state index in [2.05, 4.69) is 45.0 Å². The normalized spacial score (nSPS) is 13.3. The van der Waals surface area contributed by atoms with Crippen molar-refractivity contribution in [1.82, 2.24) is 0 Å². The van der Waals surface area contributed by atoms with E-state index in [4.69, 9.17) is 5.73 Å². The van der Waals surface area contributed by atoms with Crippen molar-refractivity contribution in [3.05, 3.63) is 35.4 Å². The van der Waals surface area contributed by atoms with Crippen LogP contribution in [-0.2, 0) is 0 Å². The van der Waals surface area contributed by atoms with Gasteiger partial charge >= 0.3 is 0 Å². The molecule has 13 heavy (non-hydrogen) atoms. The van der Waals surface area contributed by atoms with E-state index in [1.54, 1.807) is 0 Å². The van der Waals surface area contributed by atoms with Crippen molar-refractivity contribution in [3.8, 4) is 0 Å². The molecule has 0 radical (unpaired) electrons. The van der Waals surface area contributed by atoms with Crippen molar-refractivity contribution in [2.24, 2.45) is 5.73 Å². The molecule has 0 bridgehead atoms. The highest BCUT2D eigenvalue weighted by molar-refractivity contribution is 5.26. The molecule has 0 spiro atoms. The molecule has 0 aliphatic carbocycles. The highest BCUT2D eigenvalue weighted by Crippen LogP contribution is 2.18. The summed E-state index contributed by atoms with van der Waals surface area (Å²) in [5.74, 6) is 0.604. The van der Waals surface area contributed by atoms with Crippen molar-refractivity contribution in [2.75, 3.05) is 0 Å². The average Bonchev–Trinajstić information content (AvgIpc) is 2.17. The summed E-state index contributed by atoms with van der Waals surface area (Å²) in [6, 6.07) is 8.83. The number of rotatable bonds is 3. The SMILES string of the molecule is CCC(N)c1ccc(C(C)C)cc1. The maximum Gasteiger partial charge on any atom is 0.0292 e. The molecule has 0 amide bonds. The van der Waals surface area contributed by atoms with Crippen molar-refractivity contribution < 1.29 is 0 Å². The van der Waals surface area contributed by atoms with Crippen molar-refractivity contribution >= 4 is 0 Å². The van der Waals surface area contributed by atoms with Crippen LogP contribution < -0.4 is 5.73 Å². The Morgan fingerprint density at radius 1 is 1.08 bits per heavy atom. The van der Waals surface area contributed by atoms with Crippen LogP contribution in [0.4, 0.5) is 0 Å². The Balaban J connectivity index is 2.81. The van der Waals surface area contributed by atoms with Crippen molar-refractivity contribution in [2.45, 2.75) is 39.2 Å². The predicted octanol–water partition coefficient (Wildman–Crippen LogP) is 3.22. The fourth-order valence-electron chi connectivity index (χ4n) is 1.36. The third-order valence-corrected chi connectivity index (χ3v) is 2.47. The summed E-state index contributed by atoms with van der Waals surface area (Å²) in [6.07, 6.45) is 1.00. The zero-order valence-corrected chi connectivity index (χ0v) is 8.75. The lowest BCUT2D eigenvalue weighted by Crippen LogP contribution is -2.08. The van der Waals surface area contributed by atoms with Crippen LogP contribution in [-0.4, -0.2) is 0 Å². The van der Waals surface area contributed by atoms with Gasteiger partial charge in [0.15, 0.2) is 0 Å². The fourth-order valence-corrected chi connectivity index (χ4v) is 1.36. The molecular formula is C12H19N. The van der Waals surface area contributed by atoms with Crippen LogP contribution in [0.5, 0.6) is 0 Å². The summed E-state index contributed by atoms with van der Waals surface area (Å²) in [5, 5.41) is 0. The topological polar surface area (TPSA) is 26.0 Å². The molecule has 1 aromatic carbocycles. The minimum Gasteiger partial charge on any atom is -0.324 e. The van der Waals surface area contributed by atoms with Gasteiger partial charge in [0.25, 0.3) is 0 Å². The molecule has 0 heterocycles. The Bertz CT molecular complexity index is 248. The first-order chi connectivity index (χ1) is 6.15. The van der Waals surface area contributed by atoms with Gasteiger partial charge in [0.05, 0.1) is 0 Å². The standard InChI is InChI=1S/C12H19N/c1-4-12(13)11-7-5-10(6-8-11)9(2)3/h5-9,12H,4,13H2,1-3H3. The fraction of sp³-hybridized carbons (Fsp3) is 0.500. The Kier molecular flexibility index (Phi) is 3.49. The number of hydrogen-bond donors (Lipinski definition) is 1. The lowest BCUT2D eigenvalue weighted by Gasteiger charge is -2.11. The van der Waals surface area contributed by atoms with E-state index in [1.807, 2.05) is 0 Å². The molecular weight excluding hydrogens is 158 g/mol. The molecule has 0 aromatic heterocycles. The van der Waals surface area contributed by atoms with Crippen LogP contribution >= 0.6 is 0 Å². The number of nitrogens with two attached hydrogens (primary N) is 1. The third-order valence-electron chi connectivity index (χ3n) is 2.47. The first kappa shape index (κ1) is 10.3. The summed E-state index contributed by atoms with van der Waals surface area (Å²) in [5.41, 5.74) is 8.54. The molecule has 0 fully saturated rings. The average molecular weight is 177 g/mol. The molecule has 1 heteroatoms. The number of hydrogen-bond acceptors (Lipinski definition) is 1. The smallest absolute Gasteiger partial charge is 0.0292 e. The highest BCUT2D eigenvalue weighted by Gasteiger charge is 2.03. The summed E-state index contributed by atoms with van der Waals surface area (Å²) < 4.78 is 0. The maximum absolute atomic E-state index is 5.92. The van der Waals surface area contributed by atoms with E-state index in [1.165, 1.54) is 11.1 Å². The van der Waals surface area contributed by atoms with Crippen LogP contribution in [0.15, 0.2) is 24.3 Å². The number of benzene rings is 1. The predicted molar refractivity (Wildman–Crippen MR) is 57.8 cm³/mol. The zero-order valence-electron chi connectivity index (χ0n) is 8.75. The van der Waals surface area contributed by atoms with Crippen LogP contribution in [0.1, 0.15) is 50.3 Å². The van der Waals surface area contributed by atoms with Gasteiger partial charge in [-0.3, -0.25) is 0 Å². The van der Waals surface area contributed by atoms with Gasteiger partial charge < -0.3 is 5.73 Å². The largest absolute Gasteiger partial charge is 0.324 e. The van der Waals surface area contributed by atoms with E-state index in [0.717, 1.165) is 6.42 Å². The van der Waals surface area contributed by atoms with Gasteiger partial charge in [0, 0.05) is 6.04 Å². The molecule has 0 saturated heterocycles. The second-order valence-corrected chi connectivity index (χ2v) is 3.84. The van der Waals surface area contributed by atoms with Gasteiger partial charge in [0.1, 0.15) is 0 Å². The molecule has 2 N–H and O–H groups in total. The molecule has 1 rings (SSSR count). The summed E-state index contributed by atoms with van der Waals surface area (Å²) >= 11 is 0. The third kappa shape index (κ3) is 2.56. The quantitative estimate of drug-likeness (QED) is 0.753. The van der Waals surface area contributed by atoms with E-state index >= 15 is 0 Å². The van der Waals surface area contributed by atoms with Crippen LogP contribution in [0.25, 0.3) is 0 Å². The summed E-state index contributed by atoms with van der Waals surface area (Å²) in [7, 11) is 0. The Hall–Kier alpha value is -0.820. The van der Waals surface area contributed by atoms with Gasteiger partial charge in [-0.25, -0.2) is 0 Å². The van der Waals surface area contributed by atoms with Crippen molar-refractivity contribution in [1.29, 1.82) is 0 Å². The highest BCUT2D eigenvalue weighted by atomic mass is 14.6. The molecule has 1 aromatic rings. The molecule has 1 atom stereocenters. The first-order valence-electron chi connectivity index (χ1n) is 5.00. The summed E-state index contributed by atoms with van der Waals surface area (Å²) in [4.78, 5) is 0. The van der Waals surface area contributed by atoms with Gasteiger partial charge in [-0.15, -0.1) is 0 Å². The van der Waals surface area contributed by atoms with Gasteiger partial charge in [-0.1, -0.05) is 45.0 Å². The maximum atomic E-state index is 5.92. The van der Waals surface area contributed by atoms with E-state index in [9.17, 15) is 0 Å². The monoisotopic (exact) mass is 177 g/mol. The van der Waals surface area contributed by atoms with Crippen LogP contribution in [0.2, 0.25) is 0 Å². The lowest BCUT2D eigenvalue weighted by atomic mass is 9.98. The van der Waals surface area contributed by atoms with Crippen molar-refractivity contribution in [3.63, 3.8) is 0 Å². The summed E-state index contributed by atoms with van der Waals surface area (Å²) in [6.45, 7) is 6.52. The molecule has 0 aliphatic heterocycles. The van der Waals surface area contributed by atoms with E-state index in [0.29, 0.717) is 5.92 Å². The minimum absolute atomic E-state index is 0.196. The molecule has 0 saturated carbocycles. The van der Waals surface area contributed by atoms with E-state index < -0.39 is 0 Å². The second-order valence-electron chi connectivity index (χ2n) is 3.84. The Morgan fingerprint density at radius 2 is 1.54 bits per heavy atom.